The third kappa shape index (κ3) is 3.08. The molecule has 1 aromatic carbocycles. The van der Waals surface area contributed by atoms with Crippen molar-refractivity contribution in [2.75, 3.05) is 6.61 Å². The Morgan fingerprint density at radius 2 is 2.06 bits per heavy atom. The molecule has 2 aliphatic heterocycles. The van der Waals surface area contributed by atoms with Gasteiger partial charge in [0.25, 0.3) is 0 Å². The van der Waals surface area contributed by atoms with Crippen LogP contribution in [0, 0.1) is 0 Å². The quantitative estimate of drug-likeness (QED) is 0.213. The number of alkyl halides is 1. The number of aryl methyl sites for hydroxylation is 1. The van der Waals surface area contributed by atoms with Crippen LogP contribution in [0.3, 0.4) is 0 Å². The molecule has 2 aromatic rings. The third-order valence-corrected chi connectivity index (χ3v) is 9.06. The van der Waals surface area contributed by atoms with E-state index < -0.39 is 44.3 Å². The number of aromatic nitrogens is 1. The van der Waals surface area contributed by atoms with Gasteiger partial charge in [-0.3, -0.25) is 9.59 Å². The second-order valence-electron chi connectivity index (χ2n) is 8.31. The Kier molecular flexibility index (Phi) is 5.34. The van der Waals surface area contributed by atoms with Crippen molar-refractivity contribution in [1.29, 1.82) is 0 Å². The number of hydrogen-bond donors (Lipinski definition) is 1. The summed E-state index contributed by atoms with van der Waals surface area (Å²) in [5, 5.41) is 11.2. The van der Waals surface area contributed by atoms with Gasteiger partial charge in [-0.2, -0.15) is 0 Å². The number of amides is 1. The predicted molar refractivity (Wildman–Crippen MR) is 122 cm³/mol. The largest absolute Gasteiger partial charge is 0.460 e. The number of aliphatic hydroxyl groups is 1. The number of esters is 1. The Morgan fingerprint density at radius 1 is 1.39 bits per heavy atom. The van der Waals surface area contributed by atoms with E-state index >= 15 is 0 Å². The van der Waals surface area contributed by atoms with E-state index in [2.05, 4.69) is 22.5 Å². The van der Waals surface area contributed by atoms with Crippen LogP contribution in [0.1, 0.15) is 24.2 Å². The molecule has 2 aliphatic rings. The monoisotopic (exact) mass is 506 g/mol. The van der Waals surface area contributed by atoms with Crippen molar-refractivity contribution in [1.82, 2.24) is 9.47 Å². The Hall–Kier alpha value is -2.10. The van der Waals surface area contributed by atoms with Crippen LogP contribution in [0.4, 0.5) is 0 Å². The number of ether oxygens (including phenoxy) is 1. The molecule has 1 aromatic heterocycles. The first-order valence-electron chi connectivity index (χ1n) is 9.79. The van der Waals surface area contributed by atoms with Crippen LogP contribution in [-0.2, 0) is 21.4 Å². The molecule has 0 bridgehead atoms. The molecule has 7 nitrogen and oxygen atoms in total. The minimum Gasteiger partial charge on any atom is -0.460 e. The standard InChI is InChI=1S/C22H23BrN2O5S/c1-5-10-30-18(28)16-21(2,3)31-20-22(23,19(29)25(16)20)17(27)15(26)13-11-24(4)14-9-7-6-8-12(13)14/h5-9,11,16-17,20,27H,1,10H2,2-4H3/t16-,17?,20+,22-/m0/s1. The van der Waals surface area contributed by atoms with Gasteiger partial charge in [0.1, 0.15) is 24.1 Å². The van der Waals surface area contributed by atoms with Gasteiger partial charge < -0.3 is 19.3 Å². The first-order chi connectivity index (χ1) is 14.6. The Balaban J connectivity index is 1.65. The first-order valence-corrected chi connectivity index (χ1v) is 11.5. The van der Waals surface area contributed by atoms with Gasteiger partial charge in [-0.1, -0.05) is 46.8 Å². The molecular formula is C22H23BrN2O5S. The fourth-order valence-electron chi connectivity index (χ4n) is 4.37. The predicted octanol–water partition coefficient (Wildman–Crippen LogP) is 2.65. The molecule has 2 fully saturated rings. The van der Waals surface area contributed by atoms with Crippen molar-refractivity contribution < 1.29 is 24.2 Å². The van der Waals surface area contributed by atoms with Crippen molar-refractivity contribution in [3.05, 3.63) is 48.7 Å². The van der Waals surface area contributed by atoms with E-state index in [1.54, 1.807) is 6.20 Å². The number of hydrogen-bond acceptors (Lipinski definition) is 6. The minimum atomic E-state index is -1.61. The lowest BCUT2D eigenvalue weighted by Crippen LogP contribution is -2.75. The number of nitrogens with zero attached hydrogens (tertiary/aromatic N) is 2. The number of thioether (sulfide) groups is 1. The number of benzene rings is 1. The molecule has 0 radical (unpaired) electrons. The zero-order chi connectivity index (χ0) is 22.7. The number of aliphatic hydroxyl groups excluding tert-OH is 1. The molecular weight excluding hydrogens is 484 g/mol. The summed E-state index contributed by atoms with van der Waals surface area (Å²) in [6.07, 6.45) is 1.51. The highest BCUT2D eigenvalue weighted by atomic mass is 79.9. The van der Waals surface area contributed by atoms with Gasteiger partial charge in [-0.05, 0) is 19.9 Å². The molecule has 4 rings (SSSR count). The van der Waals surface area contributed by atoms with Gasteiger partial charge in [0.05, 0.1) is 0 Å². The highest BCUT2D eigenvalue weighted by molar-refractivity contribution is 9.10. The number of Topliss-reactive ketones (excluding diaryl/α,β-unsaturated/α-hetero) is 1. The SMILES string of the molecule is C=CCOC(=O)[C@@H]1N2C(=O)[C@@](Br)(C(O)C(=O)c3cn(C)c4ccccc34)[C@H]2SC1(C)C. The van der Waals surface area contributed by atoms with Crippen molar-refractivity contribution >= 4 is 56.3 Å². The lowest BCUT2D eigenvalue weighted by Gasteiger charge is -2.51. The third-order valence-electron chi connectivity index (χ3n) is 5.90. The molecule has 1 unspecified atom stereocenters. The zero-order valence-electron chi connectivity index (χ0n) is 17.4. The van der Waals surface area contributed by atoms with Crippen LogP contribution in [0.2, 0.25) is 0 Å². The first kappa shape index (κ1) is 22.1. The van der Waals surface area contributed by atoms with E-state index in [1.807, 2.05) is 49.7 Å². The lowest BCUT2D eigenvalue weighted by molar-refractivity contribution is -0.165. The van der Waals surface area contributed by atoms with Gasteiger partial charge in [0.15, 0.2) is 10.1 Å². The molecule has 31 heavy (non-hydrogen) atoms. The summed E-state index contributed by atoms with van der Waals surface area (Å²) in [6.45, 7) is 7.26. The van der Waals surface area contributed by atoms with Crippen molar-refractivity contribution in [2.45, 2.75) is 40.4 Å². The van der Waals surface area contributed by atoms with Crippen LogP contribution in [0.15, 0.2) is 43.1 Å². The zero-order valence-corrected chi connectivity index (χ0v) is 19.8. The molecule has 9 heteroatoms. The number of ketones is 1. The maximum absolute atomic E-state index is 13.3. The topological polar surface area (TPSA) is 88.8 Å². The number of rotatable bonds is 6. The average Bonchev–Trinajstić information content (AvgIpc) is 3.22. The van der Waals surface area contributed by atoms with Crippen molar-refractivity contribution in [2.24, 2.45) is 7.05 Å². The summed E-state index contributed by atoms with van der Waals surface area (Å²) in [7, 11) is 1.82. The summed E-state index contributed by atoms with van der Waals surface area (Å²) < 4.78 is 4.83. The number of carbonyl (C=O) groups is 3. The average molecular weight is 507 g/mol. The second kappa shape index (κ2) is 7.50. The number of β-lactam (4-membered cyclic amide) rings is 1. The molecule has 1 N–H and O–H groups in total. The van der Waals surface area contributed by atoms with Gasteiger partial charge in [0, 0.05) is 34.5 Å². The fraction of sp³-hybridized carbons (Fsp3) is 0.409. The number of halogens is 1. The maximum atomic E-state index is 13.3. The summed E-state index contributed by atoms with van der Waals surface area (Å²) in [5.41, 5.74) is 1.20. The molecule has 4 atom stereocenters. The number of para-hydroxylation sites is 1. The van der Waals surface area contributed by atoms with Crippen LogP contribution < -0.4 is 0 Å². The molecule has 0 saturated carbocycles. The minimum absolute atomic E-state index is 0.0461. The van der Waals surface area contributed by atoms with E-state index in [4.69, 9.17) is 4.74 Å². The molecule has 0 spiro atoms. The van der Waals surface area contributed by atoms with Gasteiger partial charge in [-0.25, -0.2) is 4.79 Å². The van der Waals surface area contributed by atoms with E-state index in [0.29, 0.717) is 10.9 Å². The molecule has 3 heterocycles. The Bertz CT molecular complexity index is 1110. The van der Waals surface area contributed by atoms with E-state index in [0.717, 1.165) is 5.52 Å². The van der Waals surface area contributed by atoms with Crippen LogP contribution in [0.25, 0.3) is 10.9 Å². The second-order valence-corrected chi connectivity index (χ2v) is 11.4. The summed E-state index contributed by atoms with van der Waals surface area (Å²) in [4.78, 5) is 40.5. The highest BCUT2D eigenvalue weighted by Crippen LogP contribution is 2.59. The molecule has 164 valence electrons. The lowest BCUT2D eigenvalue weighted by atomic mass is 9.84. The van der Waals surface area contributed by atoms with Crippen molar-refractivity contribution in [3.8, 4) is 0 Å². The van der Waals surface area contributed by atoms with Crippen LogP contribution in [-0.4, -0.2) is 65.4 Å². The van der Waals surface area contributed by atoms with Gasteiger partial charge >= 0.3 is 5.97 Å². The van der Waals surface area contributed by atoms with E-state index in [-0.39, 0.29) is 6.61 Å². The van der Waals surface area contributed by atoms with Crippen LogP contribution in [0.5, 0.6) is 0 Å². The van der Waals surface area contributed by atoms with Gasteiger partial charge in [-0.15, -0.1) is 11.8 Å². The number of carbonyl (C=O) groups excluding carboxylic acids is 3. The summed E-state index contributed by atoms with van der Waals surface area (Å²) in [5.74, 6) is -1.58. The molecule has 2 saturated heterocycles. The van der Waals surface area contributed by atoms with E-state index in [1.165, 1.54) is 22.7 Å². The summed E-state index contributed by atoms with van der Waals surface area (Å²) >= 11 is 4.76. The molecule has 1 amide bonds. The molecule has 0 aliphatic carbocycles. The van der Waals surface area contributed by atoms with Gasteiger partial charge in [0.2, 0.25) is 5.91 Å². The normalized spacial score (nSPS) is 27.5. The van der Waals surface area contributed by atoms with Crippen LogP contribution >= 0.6 is 27.7 Å². The Morgan fingerprint density at radius 3 is 2.74 bits per heavy atom. The highest BCUT2D eigenvalue weighted by Gasteiger charge is 2.74. The smallest absolute Gasteiger partial charge is 0.330 e. The summed E-state index contributed by atoms with van der Waals surface area (Å²) in [6, 6.07) is 6.56. The van der Waals surface area contributed by atoms with Crippen molar-refractivity contribution in [3.63, 3.8) is 0 Å². The Labute approximate surface area is 192 Å². The fourth-order valence-corrected chi connectivity index (χ4v) is 6.93. The maximum Gasteiger partial charge on any atom is 0.330 e. The number of fused-ring (bicyclic) bond motifs is 2. The van der Waals surface area contributed by atoms with E-state index in [9.17, 15) is 19.5 Å².